The van der Waals surface area contributed by atoms with Crippen LogP contribution in [0, 0.1) is 28.6 Å². The molecule has 0 amide bonds. The number of esters is 2. The fourth-order valence-electron chi connectivity index (χ4n) is 9.44. The van der Waals surface area contributed by atoms with Gasteiger partial charge in [0.15, 0.2) is 17.5 Å². The van der Waals surface area contributed by atoms with E-state index in [0.29, 0.717) is 24.8 Å². The summed E-state index contributed by atoms with van der Waals surface area (Å²) in [4.78, 5) is 41.2. The number of ether oxygens (including phenoxy) is 2. The Morgan fingerprint density at radius 3 is 2.07 bits per heavy atom. The molecule has 2 fully saturated rings. The molecule has 2 bridgehead atoms. The van der Waals surface area contributed by atoms with Gasteiger partial charge in [0.25, 0.3) is 0 Å². The maximum absolute atomic E-state index is 14.8. The number of rotatable bonds is 17. The molecule has 260 valence electrons. The predicted molar refractivity (Wildman–Crippen MR) is 177 cm³/mol. The number of carbonyl (C=O) groups is 3. The molecule has 8 heteroatoms. The maximum Gasteiger partial charge on any atom is 0.306 e. The van der Waals surface area contributed by atoms with Gasteiger partial charge < -0.3 is 24.8 Å². The van der Waals surface area contributed by atoms with Crippen molar-refractivity contribution in [3.8, 4) is 0 Å². The average molecular weight is 645 g/mol. The molecule has 0 aliphatic heterocycles. The lowest BCUT2D eigenvalue weighted by atomic mass is 9.59. The van der Waals surface area contributed by atoms with Crippen LogP contribution in [-0.4, -0.2) is 63.1 Å². The third-order valence-electron chi connectivity index (χ3n) is 12.0. The van der Waals surface area contributed by atoms with Crippen molar-refractivity contribution in [2.75, 3.05) is 6.61 Å². The van der Waals surface area contributed by atoms with E-state index in [1.54, 1.807) is 19.1 Å². The molecule has 3 N–H and O–H groups in total. The zero-order valence-corrected chi connectivity index (χ0v) is 29.2. The summed E-state index contributed by atoms with van der Waals surface area (Å²) in [6, 6.07) is 0. The van der Waals surface area contributed by atoms with Crippen LogP contribution in [0.25, 0.3) is 0 Å². The summed E-state index contributed by atoms with van der Waals surface area (Å²) in [6.07, 6.45) is 13.9. The second-order valence-electron chi connectivity index (χ2n) is 15.3. The summed E-state index contributed by atoms with van der Waals surface area (Å²) in [5, 5.41) is 34.9. The lowest BCUT2D eigenvalue weighted by molar-refractivity contribution is -0.204. The van der Waals surface area contributed by atoms with E-state index in [9.17, 15) is 29.7 Å². The van der Waals surface area contributed by atoms with Crippen molar-refractivity contribution in [2.45, 2.75) is 161 Å². The molecule has 4 rings (SSSR count). The molecule has 0 aromatic carbocycles. The molecule has 8 nitrogen and oxygen atoms in total. The monoisotopic (exact) mass is 644 g/mol. The molecule has 0 heterocycles. The minimum absolute atomic E-state index is 0.115. The molecule has 0 saturated heterocycles. The van der Waals surface area contributed by atoms with E-state index in [-0.39, 0.29) is 29.7 Å². The van der Waals surface area contributed by atoms with Crippen LogP contribution in [0.2, 0.25) is 0 Å². The Balaban J connectivity index is 1.57. The van der Waals surface area contributed by atoms with Gasteiger partial charge in [-0.15, -0.1) is 0 Å². The molecular weight excluding hydrogens is 584 g/mol. The Kier molecular flexibility index (Phi) is 11.7. The number of allylic oxidation sites excluding steroid dienone is 1. The lowest BCUT2D eigenvalue weighted by Gasteiger charge is -2.49. The number of aliphatic hydroxyl groups excluding tert-OH is 2. The number of ketones is 1. The zero-order chi connectivity index (χ0) is 33.9. The first kappa shape index (κ1) is 36.8. The number of carbonyl (C=O) groups excluding carboxylic acids is 3. The van der Waals surface area contributed by atoms with Crippen molar-refractivity contribution in [3.05, 3.63) is 23.3 Å². The summed E-state index contributed by atoms with van der Waals surface area (Å²) >= 11 is 0. The number of aliphatic hydroxyl groups is 3. The number of unbranched alkanes of at least 4 members (excludes halogenated alkanes) is 10. The van der Waals surface area contributed by atoms with Gasteiger partial charge in [-0.2, -0.15) is 0 Å². The predicted octanol–water partition coefficient (Wildman–Crippen LogP) is 6.53. The Labute approximate surface area is 276 Å². The van der Waals surface area contributed by atoms with E-state index in [0.717, 1.165) is 32.1 Å². The van der Waals surface area contributed by atoms with E-state index in [4.69, 9.17) is 9.47 Å². The molecule has 0 aromatic rings. The van der Waals surface area contributed by atoms with Crippen LogP contribution in [0.1, 0.15) is 138 Å². The lowest BCUT2D eigenvalue weighted by Crippen LogP contribution is -2.66. The molecule has 4 aliphatic rings. The first-order valence-electron chi connectivity index (χ1n) is 18.2. The van der Waals surface area contributed by atoms with Gasteiger partial charge >= 0.3 is 11.9 Å². The van der Waals surface area contributed by atoms with Crippen molar-refractivity contribution in [1.29, 1.82) is 0 Å². The molecule has 2 saturated carbocycles. The van der Waals surface area contributed by atoms with Gasteiger partial charge in [-0.25, -0.2) is 0 Å². The number of hydrogen-bond acceptors (Lipinski definition) is 8. The van der Waals surface area contributed by atoms with Crippen LogP contribution in [0.3, 0.4) is 0 Å². The van der Waals surface area contributed by atoms with E-state index in [1.165, 1.54) is 38.5 Å². The van der Waals surface area contributed by atoms with Gasteiger partial charge in [-0.05, 0) is 43.3 Å². The van der Waals surface area contributed by atoms with Crippen LogP contribution >= 0.6 is 0 Å². The smallest absolute Gasteiger partial charge is 0.306 e. The fraction of sp³-hybridized carbons (Fsp3) is 0.816. The van der Waals surface area contributed by atoms with E-state index < -0.39 is 58.7 Å². The van der Waals surface area contributed by atoms with Crippen LogP contribution < -0.4 is 0 Å². The highest BCUT2D eigenvalue weighted by Crippen LogP contribution is 2.75. The second kappa shape index (κ2) is 14.6. The summed E-state index contributed by atoms with van der Waals surface area (Å²) in [6.45, 7) is 11.3. The van der Waals surface area contributed by atoms with Gasteiger partial charge in [-0.1, -0.05) is 111 Å². The highest BCUT2D eigenvalue weighted by molar-refractivity contribution is 5.96. The third-order valence-corrected chi connectivity index (χ3v) is 12.0. The van der Waals surface area contributed by atoms with Gasteiger partial charge in [0.05, 0.1) is 12.0 Å². The van der Waals surface area contributed by atoms with Crippen molar-refractivity contribution in [1.82, 2.24) is 0 Å². The molecule has 46 heavy (non-hydrogen) atoms. The second-order valence-corrected chi connectivity index (χ2v) is 15.3. The van der Waals surface area contributed by atoms with Crippen molar-refractivity contribution in [2.24, 2.45) is 28.6 Å². The molecule has 2 unspecified atom stereocenters. The highest BCUT2D eigenvalue weighted by atomic mass is 16.6. The van der Waals surface area contributed by atoms with Crippen LogP contribution in [-0.2, 0) is 23.9 Å². The Morgan fingerprint density at radius 1 is 0.913 bits per heavy atom. The average Bonchev–Trinajstić information content (AvgIpc) is 3.41. The van der Waals surface area contributed by atoms with E-state index in [1.807, 2.05) is 27.7 Å². The SMILES string of the molecule is CCCCCCCCCCCC(=O)O[C@@]12CC(C)C34C=C(C)[C@H](OC(=O)CCCCC)[C@@]3(O)[C@H](O)C(CO)=C[C@H](C4=O)[C@@H]1C2(C)C. The molecule has 0 radical (unpaired) electrons. The largest absolute Gasteiger partial charge is 0.458 e. The maximum atomic E-state index is 14.8. The van der Waals surface area contributed by atoms with E-state index in [2.05, 4.69) is 6.92 Å². The third kappa shape index (κ3) is 6.16. The van der Waals surface area contributed by atoms with Crippen LogP contribution in [0.15, 0.2) is 23.3 Å². The quantitative estimate of drug-likeness (QED) is 0.0926. The molecule has 0 aromatic heterocycles. The Bertz CT molecular complexity index is 1190. The molecule has 1 spiro atoms. The minimum Gasteiger partial charge on any atom is -0.458 e. The fourth-order valence-corrected chi connectivity index (χ4v) is 9.44. The summed E-state index contributed by atoms with van der Waals surface area (Å²) in [5.74, 6) is -2.83. The van der Waals surface area contributed by atoms with E-state index >= 15 is 0 Å². The number of hydrogen-bond donors (Lipinski definition) is 3. The van der Waals surface area contributed by atoms with Crippen molar-refractivity contribution in [3.63, 3.8) is 0 Å². The number of Topliss-reactive ketones (excluding diaryl/α,β-unsaturated/α-hetero) is 1. The molecule has 4 aliphatic carbocycles. The minimum atomic E-state index is -2.22. The topological polar surface area (TPSA) is 130 Å². The van der Waals surface area contributed by atoms with Crippen LogP contribution in [0.5, 0.6) is 0 Å². The zero-order valence-electron chi connectivity index (χ0n) is 29.2. The van der Waals surface area contributed by atoms with Crippen molar-refractivity contribution >= 4 is 17.7 Å². The van der Waals surface area contributed by atoms with Crippen LogP contribution in [0.4, 0.5) is 0 Å². The van der Waals surface area contributed by atoms with Gasteiger partial charge in [0.2, 0.25) is 0 Å². The normalized spacial score (nSPS) is 35.7. The first-order valence-corrected chi connectivity index (χ1v) is 18.2. The Morgan fingerprint density at radius 2 is 1.46 bits per heavy atom. The highest BCUT2D eigenvalue weighted by Gasteiger charge is 2.83. The van der Waals surface area contributed by atoms with Gasteiger partial charge in [0.1, 0.15) is 11.7 Å². The Hall–Kier alpha value is -2.03. The summed E-state index contributed by atoms with van der Waals surface area (Å²) in [7, 11) is 0. The molecule has 8 atom stereocenters. The summed E-state index contributed by atoms with van der Waals surface area (Å²) in [5.41, 5.74) is -4.70. The first-order chi connectivity index (χ1) is 21.8. The van der Waals surface area contributed by atoms with Crippen molar-refractivity contribution < 1.29 is 39.2 Å². The van der Waals surface area contributed by atoms with Gasteiger partial charge in [0, 0.05) is 30.1 Å². The number of fused-ring (bicyclic) bond motifs is 3. The molecular formula is C38H60O8. The van der Waals surface area contributed by atoms with Gasteiger partial charge in [-0.3, -0.25) is 14.4 Å². The standard InChI is InChI=1S/C38H60O8/c1-7-9-11-12-13-14-15-16-18-20-30(41)46-37-23-26(4)36-22-25(3)34(45-29(40)19-17-10-8-2)38(36,44)32(42)27(24-39)21-28(33(36)43)31(37)35(37,5)6/h21-22,26,28,31-32,34,39,42,44H,7-20,23-24H2,1-6H3/t26?,28-,31+,32+,34-,36?,37-,38-/m0/s1. The summed E-state index contributed by atoms with van der Waals surface area (Å²) < 4.78 is 12.3.